The van der Waals surface area contributed by atoms with Crippen LogP contribution < -0.4 is 10.6 Å². The van der Waals surface area contributed by atoms with Crippen LogP contribution in [0.3, 0.4) is 0 Å². The molecule has 1 fully saturated rings. The van der Waals surface area contributed by atoms with E-state index in [1.807, 2.05) is 6.92 Å². The van der Waals surface area contributed by atoms with Gasteiger partial charge in [0.05, 0.1) is 19.0 Å². The van der Waals surface area contributed by atoms with E-state index in [-0.39, 0.29) is 5.75 Å². The number of sulfone groups is 1. The average Bonchev–Trinajstić information content (AvgIpc) is 2.99. The Labute approximate surface area is 140 Å². The fraction of sp³-hybridized carbons (Fsp3) is 0.933. The van der Waals surface area contributed by atoms with Crippen molar-refractivity contribution in [2.24, 2.45) is 10.9 Å². The van der Waals surface area contributed by atoms with Crippen LogP contribution in [0, 0.1) is 5.92 Å². The van der Waals surface area contributed by atoms with E-state index in [4.69, 9.17) is 9.47 Å². The molecule has 0 radical (unpaired) electrons. The number of ether oxygens (including phenoxy) is 2. The zero-order chi connectivity index (χ0) is 17.0. The first-order chi connectivity index (χ1) is 11.0. The number of rotatable bonds is 11. The molecule has 0 saturated carbocycles. The molecule has 1 atom stereocenters. The summed E-state index contributed by atoms with van der Waals surface area (Å²) in [5, 5.41) is 6.38. The van der Waals surface area contributed by atoms with Gasteiger partial charge < -0.3 is 20.1 Å². The van der Waals surface area contributed by atoms with Crippen LogP contribution in [0.5, 0.6) is 0 Å². The van der Waals surface area contributed by atoms with Gasteiger partial charge in [0, 0.05) is 45.0 Å². The monoisotopic (exact) mass is 349 g/mol. The first-order valence-electron chi connectivity index (χ1n) is 8.36. The van der Waals surface area contributed by atoms with Crippen LogP contribution in [-0.2, 0) is 19.3 Å². The fourth-order valence-electron chi connectivity index (χ4n) is 2.21. The molecule has 1 aliphatic rings. The Morgan fingerprint density at radius 1 is 1.35 bits per heavy atom. The average molecular weight is 349 g/mol. The summed E-state index contributed by atoms with van der Waals surface area (Å²) in [5.74, 6) is 1.45. The Hall–Kier alpha value is -0.860. The molecular formula is C15H31N3O4S. The van der Waals surface area contributed by atoms with E-state index in [0.29, 0.717) is 18.9 Å². The molecule has 0 amide bonds. The molecule has 2 N–H and O–H groups in total. The molecule has 1 rings (SSSR count). The van der Waals surface area contributed by atoms with Crippen molar-refractivity contribution >= 4 is 15.8 Å². The van der Waals surface area contributed by atoms with E-state index in [1.165, 1.54) is 6.26 Å². The van der Waals surface area contributed by atoms with Gasteiger partial charge in [0.2, 0.25) is 0 Å². The second-order valence-corrected chi connectivity index (χ2v) is 8.09. The van der Waals surface area contributed by atoms with Crippen LogP contribution in [0.4, 0.5) is 0 Å². The van der Waals surface area contributed by atoms with Gasteiger partial charge in [-0.15, -0.1) is 0 Å². The van der Waals surface area contributed by atoms with Gasteiger partial charge >= 0.3 is 0 Å². The fourth-order valence-corrected chi connectivity index (χ4v) is 2.86. The summed E-state index contributed by atoms with van der Waals surface area (Å²) >= 11 is 0. The lowest BCUT2D eigenvalue weighted by atomic mass is 10.1. The highest BCUT2D eigenvalue weighted by Gasteiger charge is 2.15. The Balaban J connectivity index is 2.09. The SMILES string of the molecule is CCNC(=NCCCS(C)(=O)=O)NCCCOCC1CCOC1. The van der Waals surface area contributed by atoms with Crippen molar-refractivity contribution in [2.45, 2.75) is 26.2 Å². The molecule has 0 aliphatic carbocycles. The normalized spacial score (nSPS) is 19.0. The number of nitrogens with one attached hydrogen (secondary N) is 2. The third kappa shape index (κ3) is 11.3. The lowest BCUT2D eigenvalue weighted by Gasteiger charge is -2.12. The van der Waals surface area contributed by atoms with E-state index < -0.39 is 9.84 Å². The van der Waals surface area contributed by atoms with Gasteiger partial charge in [-0.25, -0.2) is 8.42 Å². The molecule has 1 heterocycles. The summed E-state index contributed by atoms with van der Waals surface area (Å²) in [6.07, 6.45) is 3.80. The highest BCUT2D eigenvalue weighted by Crippen LogP contribution is 2.12. The van der Waals surface area contributed by atoms with Gasteiger partial charge in [0.15, 0.2) is 5.96 Å². The molecule has 0 aromatic carbocycles. The first kappa shape index (κ1) is 20.2. The molecule has 0 aromatic heterocycles. The predicted octanol–water partition coefficient (Wildman–Crippen LogP) is 0.419. The number of hydrogen-bond acceptors (Lipinski definition) is 5. The maximum Gasteiger partial charge on any atom is 0.191 e. The summed E-state index contributed by atoms with van der Waals surface area (Å²) in [6, 6.07) is 0. The van der Waals surface area contributed by atoms with Gasteiger partial charge in [0.25, 0.3) is 0 Å². The Morgan fingerprint density at radius 2 is 2.17 bits per heavy atom. The summed E-state index contributed by atoms with van der Waals surface area (Å²) < 4.78 is 33.1. The van der Waals surface area contributed by atoms with Crippen LogP contribution in [0.25, 0.3) is 0 Å². The molecule has 1 saturated heterocycles. The van der Waals surface area contributed by atoms with Crippen molar-refractivity contribution in [1.82, 2.24) is 10.6 Å². The van der Waals surface area contributed by atoms with Crippen molar-refractivity contribution in [1.29, 1.82) is 0 Å². The van der Waals surface area contributed by atoms with E-state index >= 15 is 0 Å². The molecule has 136 valence electrons. The van der Waals surface area contributed by atoms with Crippen LogP contribution >= 0.6 is 0 Å². The van der Waals surface area contributed by atoms with E-state index in [0.717, 1.165) is 58.3 Å². The number of nitrogens with zero attached hydrogens (tertiary/aromatic N) is 1. The molecule has 0 spiro atoms. The topological polar surface area (TPSA) is 89.0 Å². The van der Waals surface area contributed by atoms with Crippen LogP contribution in [0.1, 0.15) is 26.2 Å². The molecule has 0 bridgehead atoms. The Morgan fingerprint density at radius 3 is 2.83 bits per heavy atom. The second kappa shape index (κ2) is 11.6. The van der Waals surface area contributed by atoms with Crippen LogP contribution in [-0.4, -0.2) is 72.4 Å². The quantitative estimate of drug-likeness (QED) is 0.319. The Kier molecular flexibility index (Phi) is 10.2. The van der Waals surface area contributed by atoms with Gasteiger partial charge in [0.1, 0.15) is 9.84 Å². The Bertz CT molecular complexity index is 434. The summed E-state index contributed by atoms with van der Waals surface area (Å²) in [7, 11) is -2.90. The van der Waals surface area contributed by atoms with Crippen molar-refractivity contribution < 1.29 is 17.9 Å². The van der Waals surface area contributed by atoms with Crippen molar-refractivity contribution in [3.63, 3.8) is 0 Å². The minimum Gasteiger partial charge on any atom is -0.381 e. The molecule has 0 aromatic rings. The molecule has 1 aliphatic heterocycles. The third-order valence-electron chi connectivity index (χ3n) is 3.42. The van der Waals surface area contributed by atoms with Gasteiger partial charge in [-0.2, -0.15) is 0 Å². The number of guanidine groups is 1. The minimum atomic E-state index is -2.90. The highest BCUT2D eigenvalue weighted by atomic mass is 32.2. The molecular weight excluding hydrogens is 318 g/mol. The maximum absolute atomic E-state index is 11.1. The first-order valence-corrected chi connectivity index (χ1v) is 10.4. The van der Waals surface area contributed by atoms with E-state index in [9.17, 15) is 8.42 Å². The zero-order valence-corrected chi connectivity index (χ0v) is 15.2. The lowest BCUT2D eigenvalue weighted by molar-refractivity contribution is 0.0888. The number of aliphatic imine (C=N–C) groups is 1. The summed E-state index contributed by atoms with van der Waals surface area (Å²) in [4.78, 5) is 4.37. The molecule has 1 unspecified atom stereocenters. The molecule has 8 heteroatoms. The highest BCUT2D eigenvalue weighted by molar-refractivity contribution is 7.90. The molecule has 7 nitrogen and oxygen atoms in total. The predicted molar refractivity (Wildman–Crippen MR) is 92.7 cm³/mol. The summed E-state index contributed by atoms with van der Waals surface area (Å²) in [5.41, 5.74) is 0. The minimum absolute atomic E-state index is 0.175. The largest absolute Gasteiger partial charge is 0.381 e. The van der Waals surface area contributed by atoms with E-state index in [1.54, 1.807) is 0 Å². The van der Waals surface area contributed by atoms with Crippen molar-refractivity contribution in [3.8, 4) is 0 Å². The van der Waals surface area contributed by atoms with Gasteiger partial charge in [-0.3, -0.25) is 4.99 Å². The molecule has 23 heavy (non-hydrogen) atoms. The third-order valence-corrected chi connectivity index (χ3v) is 4.45. The lowest BCUT2D eigenvalue weighted by Crippen LogP contribution is -2.38. The van der Waals surface area contributed by atoms with Crippen molar-refractivity contribution in [3.05, 3.63) is 0 Å². The summed E-state index contributed by atoms with van der Waals surface area (Å²) in [6.45, 7) is 7.23. The van der Waals surface area contributed by atoms with E-state index in [2.05, 4.69) is 15.6 Å². The smallest absolute Gasteiger partial charge is 0.191 e. The van der Waals surface area contributed by atoms with Crippen molar-refractivity contribution in [2.75, 3.05) is 58.1 Å². The number of hydrogen-bond donors (Lipinski definition) is 2. The maximum atomic E-state index is 11.1. The zero-order valence-electron chi connectivity index (χ0n) is 14.3. The van der Waals surface area contributed by atoms with Crippen LogP contribution in [0.2, 0.25) is 0 Å². The second-order valence-electron chi connectivity index (χ2n) is 5.83. The van der Waals surface area contributed by atoms with Crippen LogP contribution in [0.15, 0.2) is 4.99 Å². The van der Waals surface area contributed by atoms with Gasteiger partial charge in [-0.05, 0) is 26.2 Å². The van der Waals surface area contributed by atoms with Gasteiger partial charge in [-0.1, -0.05) is 0 Å². The standard InChI is InChI=1S/C15H31N3O4S/c1-3-16-15(18-8-5-11-23(2,19)20)17-7-4-9-21-12-14-6-10-22-13-14/h14H,3-13H2,1-2H3,(H2,16,17,18).